The molecule has 0 aliphatic carbocycles. The summed E-state index contributed by atoms with van der Waals surface area (Å²) in [5.41, 5.74) is 2.01. The van der Waals surface area contributed by atoms with E-state index in [0.717, 1.165) is 38.5 Å². The summed E-state index contributed by atoms with van der Waals surface area (Å²) < 4.78 is 5.31. The van der Waals surface area contributed by atoms with Crippen molar-refractivity contribution in [3.63, 3.8) is 0 Å². The maximum Gasteiger partial charge on any atom is 0.252 e. The summed E-state index contributed by atoms with van der Waals surface area (Å²) in [6.45, 7) is 6.18. The third kappa shape index (κ3) is 6.04. The molecule has 8 nitrogen and oxygen atoms in total. The van der Waals surface area contributed by atoms with Crippen LogP contribution in [0, 0.1) is 0 Å². The normalized spacial score (nSPS) is 14.3. The van der Waals surface area contributed by atoms with Gasteiger partial charge in [-0.3, -0.25) is 14.5 Å². The van der Waals surface area contributed by atoms with Crippen LogP contribution in [0.15, 0.2) is 42.6 Å². The monoisotopic (exact) mass is 383 g/mol. The fourth-order valence-corrected chi connectivity index (χ4v) is 2.88. The largest absolute Gasteiger partial charge is 0.379 e. The molecule has 3 N–H and O–H groups in total. The van der Waals surface area contributed by atoms with Crippen LogP contribution >= 0.6 is 0 Å². The molecule has 0 bridgehead atoms. The Morgan fingerprint density at radius 3 is 2.64 bits per heavy atom. The van der Waals surface area contributed by atoms with E-state index in [9.17, 15) is 9.59 Å². The Morgan fingerprint density at radius 2 is 1.93 bits per heavy atom. The van der Waals surface area contributed by atoms with Crippen molar-refractivity contribution in [2.24, 2.45) is 0 Å². The van der Waals surface area contributed by atoms with Crippen LogP contribution in [0.3, 0.4) is 0 Å². The fourth-order valence-electron chi connectivity index (χ4n) is 2.88. The number of nitrogens with one attached hydrogen (secondary N) is 3. The minimum absolute atomic E-state index is 0.126. The van der Waals surface area contributed by atoms with Crippen molar-refractivity contribution in [2.45, 2.75) is 6.92 Å². The molecule has 1 saturated heterocycles. The second-order valence-corrected chi connectivity index (χ2v) is 6.53. The Labute approximate surface area is 164 Å². The van der Waals surface area contributed by atoms with Gasteiger partial charge in [0, 0.05) is 50.7 Å². The van der Waals surface area contributed by atoms with E-state index in [1.165, 1.54) is 6.92 Å². The molecule has 2 heterocycles. The van der Waals surface area contributed by atoms with Crippen LogP contribution in [0.25, 0.3) is 0 Å². The van der Waals surface area contributed by atoms with E-state index in [4.69, 9.17) is 4.74 Å². The van der Waals surface area contributed by atoms with Crippen molar-refractivity contribution in [3.05, 3.63) is 48.2 Å². The number of morpholine rings is 1. The van der Waals surface area contributed by atoms with Crippen molar-refractivity contribution in [3.8, 4) is 0 Å². The van der Waals surface area contributed by atoms with Gasteiger partial charge in [-0.25, -0.2) is 4.98 Å². The molecule has 3 rings (SSSR count). The van der Waals surface area contributed by atoms with Crippen LogP contribution in [-0.4, -0.2) is 61.1 Å². The Bertz CT molecular complexity index is 804. The second-order valence-electron chi connectivity index (χ2n) is 6.53. The first kappa shape index (κ1) is 19.8. The molecule has 0 saturated carbocycles. The number of aromatic nitrogens is 1. The summed E-state index contributed by atoms with van der Waals surface area (Å²) >= 11 is 0. The topological polar surface area (TPSA) is 95.6 Å². The molecule has 1 aromatic carbocycles. The number of nitrogens with zero attached hydrogens (tertiary/aromatic N) is 2. The van der Waals surface area contributed by atoms with Gasteiger partial charge in [0.05, 0.1) is 18.8 Å². The summed E-state index contributed by atoms with van der Waals surface area (Å²) in [7, 11) is 0. The van der Waals surface area contributed by atoms with Crippen LogP contribution in [-0.2, 0) is 9.53 Å². The van der Waals surface area contributed by atoms with Gasteiger partial charge in [-0.1, -0.05) is 6.07 Å². The zero-order chi connectivity index (χ0) is 19.8. The Kier molecular flexibility index (Phi) is 6.94. The highest BCUT2D eigenvalue weighted by Crippen LogP contribution is 2.19. The molecule has 0 unspecified atom stereocenters. The lowest BCUT2D eigenvalue weighted by Gasteiger charge is -2.26. The van der Waals surface area contributed by atoms with Gasteiger partial charge in [-0.15, -0.1) is 0 Å². The molecule has 148 valence electrons. The van der Waals surface area contributed by atoms with Gasteiger partial charge in [0.25, 0.3) is 5.91 Å². The summed E-state index contributed by atoms with van der Waals surface area (Å²) in [6, 6.07) is 10.8. The molecule has 1 fully saturated rings. The van der Waals surface area contributed by atoms with E-state index in [2.05, 4.69) is 25.8 Å². The van der Waals surface area contributed by atoms with Crippen LogP contribution in [0.4, 0.5) is 17.2 Å². The number of carbonyl (C=O) groups is 2. The van der Waals surface area contributed by atoms with Crippen LogP contribution in [0.1, 0.15) is 17.3 Å². The minimum Gasteiger partial charge on any atom is -0.379 e. The van der Waals surface area contributed by atoms with E-state index in [-0.39, 0.29) is 11.8 Å². The first-order valence-corrected chi connectivity index (χ1v) is 9.29. The number of hydrogen-bond acceptors (Lipinski definition) is 6. The van der Waals surface area contributed by atoms with Crippen LogP contribution in [0.2, 0.25) is 0 Å². The number of amides is 2. The third-order valence-corrected chi connectivity index (χ3v) is 4.30. The average Bonchev–Trinajstić information content (AvgIpc) is 2.69. The van der Waals surface area contributed by atoms with E-state index in [0.29, 0.717) is 23.6 Å². The number of ether oxygens (including phenoxy) is 1. The van der Waals surface area contributed by atoms with E-state index >= 15 is 0 Å². The van der Waals surface area contributed by atoms with Crippen molar-refractivity contribution in [2.75, 3.05) is 50.0 Å². The standard InChI is InChI=1S/C20H25N5O3/c1-15(26)23-17-3-2-4-18(13-17)24-19-6-5-16(14-22-19)20(27)21-7-8-25-9-11-28-12-10-25/h2-6,13-14H,7-12H2,1H3,(H,21,27)(H,22,24)(H,23,26). The van der Waals surface area contributed by atoms with E-state index < -0.39 is 0 Å². The molecule has 28 heavy (non-hydrogen) atoms. The molecule has 8 heteroatoms. The zero-order valence-electron chi connectivity index (χ0n) is 15.9. The molecule has 1 aromatic heterocycles. The Morgan fingerprint density at radius 1 is 1.14 bits per heavy atom. The minimum atomic E-state index is -0.139. The first-order valence-electron chi connectivity index (χ1n) is 9.29. The average molecular weight is 383 g/mol. The Hall–Kier alpha value is -2.97. The zero-order valence-corrected chi connectivity index (χ0v) is 15.9. The number of anilines is 3. The molecule has 1 aliphatic rings. The van der Waals surface area contributed by atoms with Gasteiger partial charge in [0.15, 0.2) is 0 Å². The van der Waals surface area contributed by atoms with Crippen molar-refractivity contribution in [1.82, 2.24) is 15.2 Å². The van der Waals surface area contributed by atoms with Crippen molar-refractivity contribution in [1.29, 1.82) is 0 Å². The van der Waals surface area contributed by atoms with Gasteiger partial charge in [-0.2, -0.15) is 0 Å². The highest BCUT2D eigenvalue weighted by molar-refractivity contribution is 5.94. The van der Waals surface area contributed by atoms with E-state index in [1.54, 1.807) is 18.3 Å². The van der Waals surface area contributed by atoms with Gasteiger partial charge in [-0.05, 0) is 30.3 Å². The Balaban J connectivity index is 1.50. The molecule has 0 spiro atoms. The molecule has 0 radical (unpaired) electrons. The maximum absolute atomic E-state index is 12.2. The number of rotatable bonds is 7. The lowest BCUT2D eigenvalue weighted by atomic mass is 10.2. The number of hydrogen-bond donors (Lipinski definition) is 3. The lowest BCUT2D eigenvalue weighted by Crippen LogP contribution is -2.41. The van der Waals surface area contributed by atoms with Crippen LogP contribution < -0.4 is 16.0 Å². The third-order valence-electron chi connectivity index (χ3n) is 4.30. The summed E-state index contributed by atoms with van der Waals surface area (Å²) in [5, 5.41) is 8.81. The molecular weight excluding hydrogens is 358 g/mol. The molecule has 1 aliphatic heterocycles. The summed E-state index contributed by atoms with van der Waals surface area (Å²) in [4.78, 5) is 30.0. The second kappa shape index (κ2) is 9.82. The van der Waals surface area contributed by atoms with Crippen molar-refractivity contribution < 1.29 is 14.3 Å². The molecule has 2 aromatic rings. The number of pyridine rings is 1. The van der Waals surface area contributed by atoms with Gasteiger partial charge >= 0.3 is 0 Å². The quantitative estimate of drug-likeness (QED) is 0.675. The first-order chi connectivity index (χ1) is 13.6. The fraction of sp³-hybridized carbons (Fsp3) is 0.350. The smallest absolute Gasteiger partial charge is 0.252 e. The van der Waals surface area contributed by atoms with Gasteiger partial charge < -0.3 is 20.7 Å². The predicted molar refractivity (Wildman–Crippen MR) is 108 cm³/mol. The molecule has 2 amide bonds. The number of benzene rings is 1. The lowest BCUT2D eigenvalue weighted by molar-refractivity contribution is -0.114. The van der Waals surface area contributed by atoms with E-state index in [1.807, 2.05) is 24.3 Å². The highest BCUT2D eigenvalue weighted by atomic mass is 16.5. The SMILES string of the molecule is CC(=O)Nc1cccc(Nc2ccc(C(=O)NCCN3CCOCC3)cn2)c1. The summed E-state index contributed by atoms with van der Waals surface area (Å²) in [5.74, 6) is 0.351. The van der Waals surface area contributed by atoms with Crippen molar-refractivity contribution >= 4 is 29.0 Å². The number of carbonyl (C=O) groups excluding carboxylic acids is 2. The molecular formula is C20H25N5O3. The molecule has 0 atom stereocenters. The highest BCUT2D eigenvalue weighted by Gasteiger charge is 2.11. The summed E-state index contributed by atoms with van der Waals surface area (Å²) in [6.07, 6.45) is 1.55. The van der Waals surface area contributed by atoms with Crippen LogP contribution in [0.5, 0.6) is 0 Å². The van der Waals surface area contributed by atoms with Gasteiger partial charge in [0.1, 0.15) is 5.82 Å². The van der Waals surface area contributed by atoms with Gasteiger partial charge in [0.2, 0.25) is 5.91 Å². The predicted octanol–water partition coefficient (Wildman–Crippen LogP) is 1.85. The maximum atomic E-state index is 12.2.